The lowest BCUT2D eigenvalue weighted by molar-refractivity contribution is 0.0499. The maximum atomic E-state index is 11.9. The SMILES string of the molecule is CN(C)C1CCCC(NC(=O)NCC2(O)CCCC2)C1. The number of carbonyl (C=O) groups is 1. The van der Waals surface area contributed by atoms with Gasteiger partial charge in [0, 0.05) is 18.6 Å². The smallest absolute Gasteiger partial charge is 0.315 e. The van der Waals surface area contributed by atoms with Crippen LogP contribution in [0.25, 0.3) is 0 Å². The van der Waals surface area contributed by atoms with E-state index in [1.165, 1.54) is 6.42 Å². The second kappa shape index (κ2) is 6.76. The van der Waals surface area contributed by atoms with Gasteiger partial charge in [0.2, 0.25) is 0 Å². The molecule has 2 atom stereocenters. The van der Waals surface area contributed by atoms with Crippen molar-refractivity contribution >= 4 is 6.03 Å². The standard InChI is InChI=1S/C15H29N3O2/c1-18(2)13-7-5-6-12(10-13)17-14(19)16-11-15(20)8-3-4-9-15/h12-13,20H,3-11H2,1-2H3,(H2,16,17,19). The van der Waals surface area contributed by atoms with Crippen LogP contribution in [-0.4, -0.2) is 54.4 Å². The van der Waals surface area contributed by atoms with Gasteiger partial charge in [0.25, 0.3) is 0 Å². The van der Waals surface area contributed by atoms with Gasteiger partial charge in [-0.05, 0) is 52.6 Å². The van der Waals surface area contributed by atoms with E-state index in [2.05, 4.69) is 29.6 Å². The van der Waals surface area contributed by atoms with Crippen molar-refractivity contribution in [1.82, 2.24) is 15.5 Å². The number of urea groups is 1. The van der Waals surface area contributed by atoms with E-state index in [1.807, 2.05) is 0 Å². The van der Waals surface area contributed by atoms with Gasteiger partial charge in [0.1, 0.15) is 0 Å². The Morgan fingerprint density at radius 2 is 1.95 bits per heavy atom. The van der Waals surface area contributed by atoms with Crippen LogP contribution in [0.5, 0.6) is 0 Å². The zero-order valence-electron chi connectivity index (χ0n) is 12.8. The van der Waals surface area contributed by atoms with E-state index in [4.69, 9.17) is 0 Å². The van der Waals surface area contributed by atoms with Gasteiger partial charge in [-0.3, -0.25) is 0 Å². The molecule has 116 valence electrons. The van der Waals surface area contributed by atoms with Gasteiger partial charge in [0.05, 0.1) is 5.60 Å². The first-order valence-electron chi connectivity index (χ1n) is 7.92. The van der Waals surface area contributed by atoms with Crippen molar-refractivity contribution in [1.29, 1.82) is 0 Å². The van der Waals surface area contributed by atoms with Crippen LogP contribution in [0.3, 0.4) is 0 Å². The predicted octanol–water partition coefficient (Wildman–Crippen LogP) is 1.46. The summed E-state index contributed by atoms with van der Waals surface area (Å²) in [5.41, 5.74) is -0.671. The summed E-state index contributed by atoms with van der Waals surface area (Å²) in [6, 6.07) is 0.692. The molecule has 0 aromatic carbocycles. The molecule has 0 radical (unpaired) electrons. The second-order valence-electron chi connectivity index (χ2n) is 6.74. The predicted molar refractivity (Wildman–Crippen MR) is 79.7 cm³/mol. The van der Waals surface area contributed by atoms with Gasteiger partial charge in [-0.1, -0.05) is 12.8 Å². The molecule has 0 spiro atoms. The van der Waals surface area contributed by atoms with Gasteiger partial charge in [-0.15, -0.1) is 0 Å². The van der Waals surface area contributed by atoms with E-state index in [9.17, 15) is 9.90 Å². The Morgan fingerprint density at radius 1 is 1.25 bits per heavy atom. The molecule has 20 heavy (non-hydrogen) atoms. The number of hydrogen-bond donors (Lipinski definition) is 3. The summed E-state index contributed by atoms with van der Waals surface area (Å²) in [6.07, 6.45) is 8.19. The summed E-state index contributed by atoms with van der Waals surface area (Å²) < 4.78 is 0. The normalized spacial score (nSPS) is 29.4. The fourth-order valence-electron chi connectivity index (χ4n) is 3.46. The molecule has 2 aliphatic rings. The van der Waals surface area contributed by atoms with Crippen molar-refractivity contribution in [2.75, 3.05) is 20.6 Å². The highest BCUT2D eigenvalue weighted by molar-refractivity contribution is 5.74. The molecular formula is C15H29N3O2. The molecular weight excluding hydrogens is 254 g/mol. The highest BCUT2D eigenvalue weighted by Gasteiger charge is 2.31. The molecule has 2 unspecified atom stereocenters. The Labute approximate surface area is 122 Å². The molecule has 5 nitrogen and oxygen atoms in total. The minimum atomic E-state index is -0.671. The van der Waals surface area contributed by atoms with Gasteiger partial charge >= 0.3 is 6.03 Å². The number of amides is 2. The Bertz CT molecular complexity index is 327. The molecule has 0 aliphatic heterocycles. The Balaban J connectivity index is 1.71. The fourth-order valence-corrected chi connectivity index (χ4v) is 3.46. The highest BCUT2D eigenvalue weighted by Crippen LogP contribution is 2.28. The quantitative estimate of drug-likeness (QED) is 0.732. The van der Waals surface area contributed by atoms with E-state index < -0.39 is 5.60 Å². The maximum Gasteiger partial charge on any atom is 0.315 e. The van der Waals surface area contributed by atoms with Crippen molar-refractivity contribution in [3.63, 3.8) is 0 Å². The third kappa shape index (κ3) is 4.35. The third-order valence-corrected chi connectivity index (χ3v) is 4.82. The van der Waals surface area contributed by atoms with Gasteiger partial charge in [-0.2, -0.15) is 0 Å². The molecule has 2 rings (SSSR count). The minimum absolute atomic E-state index is 0.130. The number of carbonyl (C=O) groups excluding carboxylic acids is 1. The van der Waals surface area contributed by atoms with Crippen LogP contribution >= 0.6 is 0 Å². The van der Waals surface area contributed by atoms with Crippen molar-refractivity contribution in [2.45, 2.75) is 69.1 Å². The van der Waals surface area contributed by atoms with E-state index in [0.717, 1.165) is 44.9 Å². The lowest BCUT2D eigenvalue weighted by Crippen LogP contribution is -2.50. The molecule has 2 fully saturated rings. The molecule has 3 N–H and O–H groups in total. The summed E-state index contributed by atoms with van der Waals surface area (Å²) >= 11 is 0. The van der Waals surface area contributed by atoms with Crippen molar-refractivity contribution < 1.29 is 9.90 Å². The Kier molecular flexibility index (Phi) is 5.27. The molecule has 0 saturated heterocycles. The van der Waals surface area contributed by atoms with E-state index in [0.29, 0.717) is 12.6 Å². The van der Waals surface area contributed by atoms with Crippen molar-refractivity contribution in [3.05, 3.63) is 0 Å². The zero-order chi connectivity index (χ0) is 14.6. The minimum Gasteiger partial charge on any atom is -0.388 e. The Morgan fingerprint density at radius 3 is 2.60 bits per heavy atom. The summed E-state index contributed by atoms with van der Waals surface area (Å²) in [5.74, 6) is 0. The average Bonchev–Trinajstić information content (AvgIpc) is 2.84. The monoisotopic (exact) mass is 283 g/mol. The molecule has 0 bridgehead atoms. The molecule has 2 saturated carbocycles. The largest absolute Gasteiger partial charge is 0.388 e. The van der Waals surface area contributed by atoms with Crippen LogP contribution in [0.1, 0.15) is 51.4 Å². The first kappa shape index (κ1) is 15.6. The van der Waals surface area contributed by atoms with Crippen LogP contribution in [0.15, 0.2) is 0 Å². The zero-order valence-corrected chi connectivity index (χ0v) is 12.8. The molecule has 2 aliphatic carbocycles. The lowest BCUT2D eigenvalue weighted by atomic mass is 9.90. The van der Waals surface area contributed by atoms with Crippen molar-refractivity contribution in [2.24, 2.45) is 0 Å². The number of nitrogens with zero attached hydrogens (tertiary/aromatic N) is 1. The second-order valence-corrected chi connectivity index (χ2v) is 6.74. The first-order valence-corrected chi connectivity index (χ1v) is 7.92. The van der Waals surface area contributed by atoms with Crippen LogP contribution in [-0.2, 0) is 0 Å². The lowest BCUT2D eigenvalue weighted by Gasteiger charge is -2.34. The van der Waals surface area contributed by atoms with Crippen LogP contribution < -0.4 is 10.6 Å². The van der Waals surface area contributed by atoms with E-state index in [-0.39, 0.29) is 12.1 Å². The van der Waals surface area contributed by atoms with E-state index in [1.54, 1.807) is 0 Å². The maximum absolute atomic E-state index is 11.9. The van der Waals surface area contributed by atoms with E-state index >= 15 is 0 Å². The Hall–Kier alpha value is -0.810. The fraction of sp³-hybridized carbons (Fsp3) is 0.933. The average molecular weight is 283 g/mol. The topological polar surface area (TPSA) is 64.6 Å². The molecule has 0 aromatic rings. The summed E-state index contributed by atoms with van der Waals surface area (Å²) in [7, 11) is 4.20. The molecule has 0 aromatic heterocycles. The van der Waals surface area contributed by atoms with Gasteiger partial charge in [0.15, 0.2) is 0 Å². The summed E-state index contributed by atoms with van der Waals surface area (Å²) in [6.45, 7) is 0.378. The number of nitrogens with one attached hydrogen (secondary N) is 2. The van der Waals surface area contributed by atoms with Crippen LogP contribution in [0.2, 0.25) is 0 Å². The van der Waals surface area contributed by atoms with Crippen LogP contribution in [0.4, 0.5) is 4.79 Å². The number of aliphatic hydroxyl groups is 1. The highest BCUT2D eigenvalue weighted by atomic mass is 16.3. The van der Waals surface area contributed by atoms with Gasteiger partial charge in [-0.25, -0.2) is 4.79 Å². The van der Waals surface area contributed by atoms with Crippen LogP contribution in [0, 0.1) is 0 Å². The summed E-state index contributed by atoms with van der Waals surface area (Å²) in [4.78, 5) is 14.2. The van der Waals surface area contributed by atoms with Crippen molar-refractivity contribution in [3.8, 4) is 0 Å². The van der Waals surface area contributed by atoms with Gasteiger partial charge < -0.3 is 20.6 Å². The molecule has 0 heterocycles. The molecule has 5 heteroatoms. The third-order valence-electron chi connectivity index (χ3n) is 4.82. The first-order chi connectivity index (χ1) is 9.48. The molecule has 2 amide bonds. The number of hydrogen-bond acceptors (Lipinski definition) is 3. The summed E-state index contributed by atoms with van der Waals surface area (Å²) in [5, 5.41) is 16.1. The number of rotatable bonds is 4.